The molecule has 1 atom stereocenters. The van der Waals surface area contributed by atoms with E-state index >= 15 is 0 Å². The van der Waals surface area contributed by atoms with E-state index in [1.54, 1.807) is 0 Å². The number of carbonyl (C=O) groups is 1. The average molecular weight is 337 g/mol. The van der Waals surface area contributed by atoms with E-state index in [2.05, 4.69) is 0 Å². The quantitative estimate of drug-likeness (QED) is 0.475. The molecule has 1 unspecified atom stereocenters. The zero-order valence-electron chi connectivity index (χ0n) is 6.96. The van der Waals surface area contributed by atoms with Crippen molar-refractivity contribution in [2.45, 2.75) is 13.0 Å². The smallest absolute Gasteiger partial charge is 0.332 e. The summed E-state index contributed by atoms with van der Waals surface area (Å²) in [6, 6.07) is 0. The Morgan fingerprint density at radius 1 is 1.00 bits per heavy atom. The van der Waals surface area contributed by atoms with Gasteiger partial charge in [-0.15, -0.1) is 0 Å². The van der Waals surface area contributed by atoms with Crippen LogP contribution in [-0.4, -0.2) is 55.1 Å². The summed E-state index contributed by atoms with van der Waals surface area (Å²) in [5, 5.41) is 15.8. The maximum absolute atomic E-state index is 9.45. The molecule has 14 N–H and O–H groups in total. The topological polar surface area (TPSA) is 247 Å². The van der Waals surface area contributed by atoms with Crippen molar-refractivity contribution >= 4 is 5.97 Å². The van der Waals surface area contributed by atoms with Gasteiger partial charge in [0, 0.05) is 35.6 Å². The summed E-state index contributed by atoms with van der Waals surface area (Å²) >= 11 is 0. The van der Waals surface area contributed by atoms with Crippen molar-refractivity contribution in [2.75, 3.05) is 0 Å². The Morgan fingerprint density at radius 2 is 1.08 bits per heavy atom. The molecule has 0 aliphatic carbocycles. The van der Waals surface area contributed by atoms with Gasteiger partial charge in [-0.3, -0.25) is 0 Å². The third-order valence-electron chi connectivity index (χ3n) is 0.357. The van der Waals surface area contributed by atoms with Crippen LogP contribution in [0.15, 0.2) is 0 Å². The Balaban J connectivity index is -0.00000000595. The molecule has 0 saturated carbocycles. The summed E-state index contributed by atoms with van der Waals surface area (Å²) in [5.41, 5.74) is 0. The molecule has 0 aromatic rings. The van der Waals surface area contributed by atoms with Crippen molar-refractivity contribution in [1.29, 1.82) is 0 Å². The Morgan fingerprint density at radius 3 is 1.08 bits per heavy atom. The van der Waals surface area contributed by atoms with Gasteiger partial charge < -0.3 is 43.1 Å². The second kappa shape index (κ2) is 39.4. The third kappa shape index (κ3) is 69.5. The second-order valence-corrected chi connectivity index (χ2v) is 1.01. The van der Waals surface area contributed by atoms with Crippen molar-refractivity contribution < 1.29 is 83.5 Å². The molecule has 9 nitrogen and oxygen atoms in total. The van der Waals surface area contributed by atoms with E-state index in [9.17, 15) is 4.79 Å². The minimum Gasteiger partial charge on any atom is -0.479 e. The number of hydrogen-bond donors (Lipinski definition) is 2. The van der Waals surface area contributed by atoms with E-state index in [-0.39, 0.29) is 68.5 Å². The third-order valence-corrected chi connectivity index (χ3v) is 0.357. The van der Waals surface area contributed by atoms with Crippen LogP contribution < -0.4 is 0 Å². The van der Waals surface area contributed by atoms with Crippen LogP contribution in [0.5, 0.6) is 0 Å². The minimum atomic E-state index is -1.23. The predicted molar refractivity (Wildman–Crippen MR) is 41.0 cm³/mol. The molecule has 10 heteroatoms. The first kappa shape index (κ1) is 70.8. The fourth-order valence-electron chi connectivity index (χ4n) is 0. The van der Waals surface area contributed by atoms with E-state index in [0.29, 0.717) is 0 Å². The molecule has 0 aromatic carbocycles. The van der Waals surface area contributed by atoms with Crippen LogP contribution in [0.2, 0.25) is 0 Å². The molecular formula is C3H18LaO9. The van der Waals surface area contributed by atoms with Crippen LogP contribution in [0.4, 0.5) is 0 Å². The number of aliphatic hydroxyl groups excluding tert-OH is 1. The molecular weight excluding hydrogens is 319 g/mol. The molecule has 0 rings (SSSR count). The first-order valence-corrected chi connectivity index (χ1v) is 1.55. The van der Waals surface area contributed by atoms with Crippen molar-refractivity contribution in [3.63, 3.8) is 0 Å². The van der Waals surface area contributed by atoms with Crippen LogP contribution in [-0.2, 0) is 4.79 Å². The molecule has 0 spiro atoms. The number of hydrogen-bond acceptors (Lipinski definition) is 2. The number of carboxylic acids is 1. The standard InChI is InChI=1S/C3H6O3.La.6H2O/c1-2(4)3(5)6;;;;;;;/h2,4H,1H3,(H,5,6);;6*1H2. The van der Waals surface area contributed by atoms with Crippen LogP contribution in [0, 0.1) is 35.6 Å². The van der Waals surface area contributed by atoms with Crippen LogP contribution in [0.25, 0.3) is 0 Å². The maximum Gasteiger partial charge on any atom is 0.332 e. The summed E-state index contributed by atoms with van der Waals surface area (Å²) < 4.78 is 0. The van der Waals surface area contributed by atoms with Gasteiger partial charge in [-0.2, -0.15) is 0 Å². The van der Waals surface area contributed by atoms with Gasteiger partial charge in [-0.1, -0.05) is 0 Å². The molecule has 1 radical (unpaired) electrons. The number of aliphatic carboxylic acids is 1. The predicted octanol–water partition coefficient (Wildman–Crippen LogP) is -5.50. The van der Waals surface area contributed by atoms with Crippen molar-refractivity contribution in [3.05, 3.63) is 0 Å². The molecule has 0 fully saturated rings. The number of carboxylic acid groups (broad SMARTS) is 1. The molecule has 0 aliphatic heterocycles. The molecule has 0 amide bonds. The molecule has 0 bridgehead atoms. The molecule has 87 valence electrons. The molecule has 0 aromatic heterocycles. The average Bonchev–Trinajstić information content (AvgIpc) is 1.36. The zero-order chi connectivity index (χ0) is 5.15. The molecule has 13 heavy (non-hydrogen) atoms. The number of rotatable bonds is 1. The first-order chi connectivity index (χ1) is 2.64. The van der Waals surface area contributed by atoms with Crippen molar-refractivity contribution in [1.82, 2.24) is 0 Å². The fraction of sp³-hybridized carbons (Fsp3) is 0.667. The normalized spacial score (nSPS) is 6.31. The summed E-state index contributed by atoms with van der Waals surface area (Å²) in [7, 11) is 0. The van der Waals surface area contributed by atoms with E-state index in [4.69, 9.17) is 10.2 Å². The SMILES string of the molecule is CC(O)C(=O)O.O.O.O.O.O.O.[La]. The second-order valence-electron chi connectivity index (χ2n) is 1.01. The molecule has 0 saturated heterocycles. The maximum atomic E-state index is 9.45. The Kier molecular flexibility index (Phi) is 214. The summed E-state index contributed by atoms with van der Waals surface area (Å²) in [6.07, 6.45) is -1.23. The van der Waals surface area contributed by atoms with Gasteiger partial charge in [0.05, 0.1) is 0 Å². The van der Waals surface area contributed by atoms with Gasteiger partial charge in [-0.25, -0.2) is 4.79 Å². The van der Waals surface area contributed by atoms with Gasteiger partial charge in [0.1, 0.15) is 6.10 Å². The van der Waals surface area contributed by atoms with Crippen molar-refractivity contribution in [3.8, 4) is 0 Å². The van der Waals surface area contributed by atoms with Gasteiger partial charge in [0.25, 0.3) is 0 Å². The Bertz CT molecular complexity index is 65.9. The van der Waals surface area contributed by atoms with E-state index in [1.807, 2.05) is 0 Å². The van der Waals surface area contributed by atoms with Crippen LogP contribution in [0.3, 0.4) is 0 Å². The Labute approximate surface area is 102 Å². The first-order valence-electron chi connectivity index (χ1n) is 1.55. The number of aliphatic hydroxyl groups is 1. The fourth-order valence-corrected chi connectivity index (χ4v) is 0. The summed E-state index contributed by atoms with van der Waals surface area (Å²) in [6.45, 7) is 1.20. The zero-order valence-corrected chi connectivity index (χ0v) is 10.6. The minimum absolute atomic E-state index is 0. The molecule has 0 heterocycles. The van der Waals surface area contributed by atoms with E-state index in [1.165, 1.54) is 6.92 Å². The van der Waals surface area contributed by atoms with Gasteiger partial charge in [0.15, 0.2) is 0 Å². The summed E-state index contributed by atoms with van der Waals surface area (Å²) in [5.74, 6) is -1.19. The molecule has 0 aliphatic rings. The summed E-state index contributed by atoms with van der Waals surface area (Å²) in [4.78, 5) is 9.45. The van der Waals surface area contributed by atoms with E-state index in [0.717, 1.165) is 0 Å². The van der Waals surface area contributed by atoms with Crippen LogP contribution >= 0.6 is 0 Å². The monoisotopic (exact) mass is 337 g/mol. The van der Waals surface area contributed by atoms with Crippen molar-refractivity contribution in [2.24, 2.45) is 0 Å². The Hall–Kier alpha value is 0.385. The van der Waals surface area contributed by atoms with E-state index < -0.39 is 12.1 Å². The van der Waals surface area contributed by atoms with Crippen LogP contribution in [0.1, 0.15) is 6.92 Å². The largest absolute Gasteiger partial charge is 0.479 e. The van der Waals surface area contributed by atoms with Gasteiger partial charge in [0.2, 0.25) is 0 Å². The van der Waals surface area contributed by atoms with Gasteiger partial charge >= 0.3 is 5.97 Å². The van der Waals surface area contributed by atoms with Gasteiger partial charge in [-0.05, 0) is 6.92 Å².